The smallest absolute Gasteiger partial charge is 0.274 e. The summed E-state index contributed by atoms with van der Waals surface area (Å²) in [4.78, 5) is 14.3. The zero-order chi connectivity index (χ0) is 16.4. The Hall–Kier alpha value is -2.22. The van der Waals surface area contributed by atoms with Crippen LogP contribution in [0.15, 0.2) is 10.5 Å². The summed E-state index contributed by atoms with van der Waals surface area (Å²) in [7, 11) is 0. The van der Waals surface area contributed by atoms with Crippen molar-refractivity contribution in [3.05, 3.63) is 29.2 Å². The first-order valence-electron chi connectivity index (χ1n) is 7.78. The summed E-state index contributed by atoms with van der Waals surface area (Å²) in [5, 5.41) is 14.8. The van der Waals surface area contributed by atoms with Gasteiger partial charge in [-0.3, -0.25) is 9.89 Å². The Morgan fingerprint density at radius 1 is 1.48 bits per heavy atom. The Kier molecular flexibility index (Phi) is 4.42. The van der Waals surface area contributed by atoms with Gasteiger partial charge in [-0.2, -0.15) is 5.10 Å². The Labute approximate surface area is 134 Å². The van der Waals surface area contributed by atoms with E-state index in [9.17, 15) is 4.79 Å². The average Bonchev–Trinajstić information content (AvgIpc) is 3.15. The number of aryl methyl sites for hydroxylation is 1. The quantitative estimate of drug-likeness (QED) is 0.917. The molecule has 1 saturated heterocycles. The zero-order valence-electron chi connectivity index (χ0n) is 13.6. The van der Waals surface area contributed by atoms with Gasteiger partial charge in [0.05, 0.1) is 13.2 Å². The van der Waals surface area contributed by atoms with Crippen LogP contribution in [-0.2, 0) is 11.2 Å². The van der Waals surface area contributed by atoms with Gasteiger partial charge in [0.15, 0.2) is 6.10 Å². The van der Waals surface area contributed by atoms with E-state index in [-0.39, 0.29) is 12.0 Å². The summed E-state index contributed by atoms with van der Waals surface area (Å²) in [5.41, 5.74) is 1.41. The van der Waals surface area contributed by atoms with Gasteiger partial charge >= 0.3 is 0 Å². The van der Waals surface area contributed by atoms with Gasteiger partial charge in [0.1, 0.15) is 5.69 Å². The molecule has 8 nitrogen and oxygen atoms in total. The number of nitrogens with zero attached hydrogens (tertiary/aromatic N) is 4. The second-order valence-corrected chi connectivity index (χ2v) is 6.15. The van der Waals surface area contributed by atoms with E-state index in [4.69, 9.17) is 9.15 Å². The number of amides is 1. The minimum absolute atomic E-state index is 0.110. The van der Waals surface area contributed by atoms with Crippen LogP contribution in [0.4, 0.5) is 0 Å². The summed E-state index contributed by atoms with van der Waals surface area (Å²) in [6.07, 6.45) is 0.482. The van der Waals surface area contributed by atoms with E-state index in [1.54, 1.807) is 11.8 Å². The lowest BCUT2D eigenvalue weighted by atomic mass is 10.1. The summed E-state index contributed by atoms with van der Waals surface area (Å²) >= 11 is 0. The van der Waals surface area contributed by atoms with Crippen LogP contribution in [0.5, 0.6) is 0 Å². The molecule has 0 saturated carbocycles. The largest absolute Gasteiger partial charge is 0.423 e. The maximum atomic E-state index is 12.6. The van der Waals surface area contributed by atoms with Gasteiger partial charge in [-0.05, 0) is 18.4 Å². The van der Waals surface area contributed by atoms with Crippen molar-refractivity contribution in [2.45, 2.75) is 33.3 Å². The lowest BCUT2D eigenvalue weighted by Crippen LogP contribution is -2.42. The molecule has 1 atom stereocenters. The molecule has 0 bridgehead atoms. The molecule has 1 aliphatic rings. The van der Waals surface area contributed by atoms with Gasteiger partial charge in [-0.25, -0.2) is 0 Å². The highest BCUT2D eigenvalue weighted by atomic mass is 16.5. The summed E-state index contributed by atoms with van der Waals surface area (Å²) in [6, 6.07) is 1.82. The van der Waals surface area contributed by atoms with E-state index in [1.165, 1.54) is 0 Å². The highest BCUT2D eigenvalue weighted by Gasteiger charge is 2.30. The fourth-order valence-electron chi connectivity index (χ4n) is 2.60. The minimum atomic E-state index is -0.386. The number of H-pyrrole nitrogens is 1. The van der Waals surface area contributed by atoms with E-state index in [0.29, 0.717) is 43.1 Å². The third-order valence-corrected chi connectivity index (χ3v) is 3.65. The third-order valence-electron chi connectivity index (χ3n) is 3.65. The molecule has 0 radical (unpaired) electrons. The SMILES string of the molecule is Cc1nnc([C@@H]2CN(C(=O)c3cc(CC(C)C)[nH]n3)CCO2)o1. The number of hydrogen-bond acceptors (Lipinski definition) is 6. The molecule has 3 heterocycles. The molecule has 3 rings (SSSR count). The number of morpholine rings is 1. The van der Waals surface area contributed by atoms with Crippen LogP contribution in [0, 0.1) is 12.8 Å². The van der Waals surface area contributed by atoms with Gasteiger partial charge < -0.3 is 14.1 Å². The second kappa shape index (κ2) is 6.49. The van der Waals surface area contributed by atoms with Crippen LogP contribution < -0.4 is 0 Å². The first kappa shape index (κ1) is 15.7. The number of ether oxygens (including phenoxy) is 1. The van der Waals surface area contributed by atoms with Crippen molar-refractivity contribution in [3.8, 4) is 0 Å². The van der Waals surface area contributed by atoms with Crippen molar-refractivity contribution < 1.29 is 13.9 Å². The van der Waals surface area contributed by atoms with Gasteiger partial charge in [0.25, 0.3) is 5.91 Å². The number of aromatic amines is 1. The predicted octanol–water partition coefficient (Wildman–Crippen LogP) is 1.51. The summed E-state index contributed by atoms with van der Waals surface area (Å²) in [5.74, 6) is 1.29. The van der Waals surface area contributed by atoms with Crippen LogP contribution in [-0.4, -0.2) is 50.9 Å². The maximum Gasteiger partial charge on any atom is 0.274 e. The number of hydrogen-bond donors (Lipinski definition) is 1. The van der Waals surface area contributed by atoms with Gasteiger partial charge in [0.2, 0.25) is 11.8 Å². The number of aromatic nitrogens is 4. The molecule has 1 aliphatic heterocycles. The second-order valence-electron chi connectivity index (χ2n) is 6.15. The van der Waals surface area contributed by atoms with Crippen molar-refractivity contribution in [2.75, 3.05) is 19.7 Å². The Bertz CT molecular complexity index is 678. The Morgan fingerprint density at radius 3 is 3.00 bits per heavy atom. The molecule has 0 unspecified atom stereocenters. The molecule has 0 spiro atoms. The van der Waals surface area contributed by atoms with E-state index >= 15 is 0 Å². The molecule has 0 aliphatic carbocycles. The first-order valence-corrected chi connectivity index (χ1v) is 7.78. The topological polar surface area (TPSA) is 97.1 Å². The number of carbonyl (C=O) groups is 1. The molecule has 124 valence electrons. The van der Waals surface area contributed by atoms with Crippen molar-refractivity contribution >= 4 is 5.91 Å². The summed E-state index contributed by atoms with van der Waals surface area (Å²) in [6.45, 7) is 7.31. The molecule has 0 aromatic carbocycles. The van der Waals surface area contributed by atoms with Crippen LogP contribution in [0.1, 0.15) is 47.9 Å². The molecule has 1 amide bonds. The van der Waals surface area contributed by atoms with Crippen molar-refractivity contribution in [3.63, 3.8) is 0 Å². The molecule has 23 heavy (non-hydrogen) atoms. The van der Waals surface area contributed by atoms with Crippen molar-refractivity contribution in [2.24, 2.45) is 5.92 Å². The standard InChI is InChI=1S/C15H21N5O3/c1-9(2)6-11-7-12(18-17-11)15(21)20-4-5-22-13(8-20)14-19-16-10(3)23-14/h7,9,13H,4-6,8H2,1-3H3,(H,17,18)/t13-/m0/s1. The van der Waals surface area contributed by atoms with E-state index in [0.717, 1.165) is 12.1 Å². The monoisotopic (exact) mass is 319 g/mol. The molecule has 1 N–H and O–H groups in total. The van der Waals surface area contributed by atoms with E-state index < -0.39 is 0 Å². The average molecular weight is 319 g/mol. The van der Waals surface area contributed by atoms with E-state index in [2.05, 4.69) is 34.2 Å². The Balaban J connectivity index is 1.68. The van der Waals surface area contributed by atoms with Crippen molar-refractivity contribution in [1.82, 2.24) is 25.3 Å². The number of carbonyl (C=O) groups excluding carboxylic acids is 1. The van der Waals surface area contributed by atoms with Crippen molar-refractivity contribution in [1.29, 1.82) is 0 Å². The maximum absolute atomic E-state index is 12.6. The highest BCUT2D eigenvalue weighted by molar-refractivity contribution is 5.92. The first-order chi connectivity index (χ1) is 11.0. The lowest BCUT2D eigenvalue weighted by Gasteiger charge is -2.30. The van der Waals surface area contributed by atoms with E-state index in [1.807, 2.05) is 6.07 Å². The molecule has 2 aromatic rings. The lowest BCUT2D eigenvalue weighted by molar-refractivity contribution is -0.0351. The fraction of sp³-hybridized carbons (Fsp3) is 0.600. The zero-order valence-corrected chi connectivity index (χ0v) is 13.6. The van der Waals surface area contributed by atoms with Crippen LogP contribution >= 0.6 is 0 Å². The molecule has 2 aromatic heterocycles. The number of nitrogens with one attached hydrogen (secondary N) is 1. The molecular weight excluding hydrogens is 298 g/mol. The minimum Gasteiger partial charge on any atom is -0.423 e. The van der Waals surface area contributed by atoms with Gasteiger partial charge in [0, 0.05) is 19.2 Å². The number of rotatable bonds is 4. The Morgan fingerprint density at radius 2 is 2.30 bits per heavy atom. The molecule has 1 fully saturated rings. The highest BCUT2D eigenvalue weighted by Crippen LogP contribution is 2.22. The van der Waals surface area contributed by atoms with Crippen LogP contribution in [0.3, 0.4) is 0 Å². The molecular formula is C15H21N5O3. The fourth-order valence-corrected chi connectivity index (χ4v) is 2.60. The van der Waals surface area contributed by atoms with Gasteiger partial charge in [-0.1, -0.05) is 13.8 Å². The van der Waals surface area contributed by atoms with Crippen LogP contribution in [0.25, 0.3) is 0 Å². The normalized spacial score (nSPS) is 18.6. The molecule has 8 heteroatoms. The summed E-state index contributed by atoms with van der Waals surface area (Å²) < 4.78 is 11.0. The third kappa shape index (κ3) is 3.58. The predicted molar refractivity (Wildman–Crippen MR) is 80.8 cm³/mol. The van der Waals surface area contributed by atoms with Crippen LogP contribution in [0.2, 0.25) is 0 Å². The van der Waals surface area contributed by atoms with Gasteiger partial charge in [-0.15, -0.1) is 10.2 Å².